The molecule has 9 aromatic carbocycles. The van der Waals surface area contributed by atoms with Gasteiger partial charge in [0.25, 0.3) is 0 Å². The van der Waals surface area contributed by atoms with Crippen LogP contribution in [-0.2, 0) is 0 Å². The molecule has 0 atom stereocenters. The fourth-order valence-electron chi connectivity index (χ4n) is 9.46. The second kappa shape index (κ2) is 13.0. The van der Waals surface area contributed by atoms with Gasteiger partial charge in [-0.3, -0.25) is 0 Å². The number of benzene rings is 9. The first-order valence-corrected chi connectivity index (χ1v) is 22.3. The zero-order chi connectivity index (χ0) is 42.6. The molecular formula is C54H36N2SSi. The maximum atomic E-state index is 9.45. The van der Waals surface area contributed by atoms with Crippen LogP contribution < -0.4 is 20.7 Å². The lowest BCUT2D eigenvalue weighted by atomic mass is 10.1. The molecule has 3 heterocycles. The van der Waals surface area contributed by atoms with Crippen LogP contribution in [-0.4, -0.2) is 17.2 Å². The molecule has 0 aliphatic heterocycles. The fraction of sp³-hybridized carbons (Fsp3) is 0. The van der Waals surface area contributed by atoms with Gasteiger partial charge in [-0.25, -0.2) is 0 Å². The highest BCUT2D eigenvalue weighted by molar-refractivity contribution is 7.25. The lowest BCUT2D eigenvalue weighted by Crippen LogP contribution is -2.74. The molecule has 12 aromatic rings. The molecule has 0 N–H and O–H groups in total. The van der Waals surface area contributed by atoms with Crippen LogP contribution in [0, 0.1) is 0 Å². The van der Waals surface area contributed by atoms with Crippen molar-refractivity contribution >= 4 is 104 Å². The van der Waals surface area contributed by atoms with Crippen LogP contribution in [0.25, 0.3) is 75.2 Å². The number of hydrogen-bond acceptors (Lipinski definition) is 1. The Labute approximate surface area is 348 Å². The molecule has 0 aliphatic rings. The number of thiophene rings is 1. The van der Waals surface area contributed by atoms with Crippen LogP contribution in [0.5, 0.6) is 0 Å². The Morgan fingerprint density at radius 1 is 0.345 bits per heavy atom. The summed E-state index contributed by atoms with van der Waals surface area (Å²) in [5.41, 5.74) is 6.50. The predicted octanol–water partition coefficient (Wildman–Crippen LogP) is 11.6. The average Bonchev–Trinajstić information content (AvgIpc) is 3.99. The molecule has 0 radical (unpaired) electrons. The quantitative estimate of drug-likeness (QED) is 0.118. The van der Waals surface area contributed by atoms with E-state index in [1.165, 1.54) is 25.6 Å². The summed E-state index contributed by atoms with van der Waals surface area (Å²) in [6.45, 7) is 0. The first-order valence-electron chi connectivity index (χ1n) is 22.0. The smallest absolute Gasteiger partial charge is 0.179 e. The number of fused-ring (bicyclic) bond motifs is 9. The van der Waals surface area contributed by atoms with Crippen molar-refractivity contribution in [2.24, 2.45) is 0 Å². The normalized spacial score (nSPS) is 13.3. The van der Waals surface area contributed by atoms with Crippen molar-refractivity contribution < 1.29 is 6.85 Å². The first-order chi connectivity index (χ1) is 30.8. The van der Waals surface area contributed by atoms with Crippen LogP contribution in [0.15, 0.2) is 218 Å². The van der Waals surface area contributed by atoms with E-state index in [0.29, 0.717) is 5.19 Å². The van der Waals surface area contributed by atoms with Crippen molar-refractivity contribution in [1.82, 2.24) is 9.13 Å². The van der Waals surface area contributed by atoms with E-state index in [0.717, 1.165) is 65.2 Å². The minimum atomic E-state index is -3.58. The summed E-state index contributed by atoms with van der Waals surface area (Å²) in [6, 6.07) is 64.6. The summed E-state index contributed by atoms with van der Waals surface area (Å²) in [5.74, 6) is 0. The average molecular weight is 778 g/mol. The Bertz CT molecular complexity index is 3750. The van der Waals surface area contributed by atoms with E-state index < -0.39 is 14.1 Å². The molecule has 0 bridgehead atoms. The zero-order valence-corrected chi connectivity index (χ0v) is 33.0. The van der Waals surface area contributed by atoms with Crippen LogP contribution in [0.1, 0.15) is 6.85 Å². The van der Waals surface area contributed by atoms with Crippen molar-refractivity contribution in [3.8, 4) is 11.4 Å². The Morgan fingerprint density at radius 3 is 1.48 bits per heavy atom. The van der Waals surface area contributed by atoms with Gasteiger partial charge in [0.05, 0.1) is 28.9 Å². The molecule has 58 heavy (non-hydrogen) atoms. The lowest BCUT2D eigenvalue weighted by Gasteiger charge is -2.34. The van der Waals surface area contributed by atoms with E-state index in [2.05, 4.69) is 161 Å². The molecule has 0 amide bonds. The van der Waals surface area contributed by atoms with Gasteiger partial charge in [0.2, 0.25) is 0 Å². The lowest BCUT2D eigenvalue weighted by molar-refractivity contribution is 1.17. The maximum absolute atomic E-state index is 9.45. The summed E-state index contributed by atoms with van der Waals surface area (Å²) in [5, 5.41) is 10.1. The predicted molar refractivity (Wildman–Crippen MR) is 252 cm³/mol. The number of rotatable bonds is 6. The van der Waals surface area contributed by atoms with E-state index >= 15 is 0 Å². The Balaban J connectivity index is 1.11. The van der Waals surface area contributed by atoms with Gasteiger partial charge < -0.3 is 9.13 Å². The largest absolute Gasteiger partial charge is 0.309 e. The van der Waals surface area contributed by atoms with Crippen LogP contribution in [0.4, 0.5) is 0 Å². The SMILES string of the molecule is [2H]c1c([2H])c([2H])c([Si](c2ccccc2)(c2ccccc2)c2ccc3c(c2)c2ccccc2n3-c2ccc3c(c2)c2ccccc2n3-c2ccc3sc4ccccc4c3c2)c([2H])c1[2H]. The van der Waals surface area contributed by atoms with Crippen molar-refractivity contribution in [2.45, 2.75) is 0 Å². The number of hydrogen-bond donors (Lipinski definition) is 0. The maximum Gasteiger partial charge on any atom is 0.179 e. The van der Waals surface area contributed by atoms with E-state index in [1.54, 1.807) is 0 Å². The number of para-hydroxylation sites is 2. The summed E-state index contributed by atoms with van der Waals surface area (Å²) in [6.07, 6.45) is 0. The highest BCUT2D eigenvalue weighted by atomic mass is 32.1. The Hall–Kier alpha value is -6.98. The van der Waals surface area contributed by atoms with Gasteiger partial charge >= 0.3 is 0 Å². The first kappa shape index (κ1) is 28.4. The van der Waals surface area contributed by atoms with Gasteiger partial charge in [0, 0.05) is 53.1 Å². The molecule has 4 heteroatoms. The molecule has 0 unspecified atom stereocenters. The second-order valence-electron chi connectivity index (χ2n) is 14.9. The Kier molecular flexibility index (Phi) is 6.39. The minimum Gasteiger partial charge on any atom is -0.309 e. The molecule has 2 nitrogen and oxygen atoms in total. The van der Waals surface area contributed by atoms with Gasteiger partial charge in [-0.15, -0.1) is 11.3 Å². The molecule has 0 fully saturated rings. The fourth-order valence-corrected chi connectivity index (χ4v) is 15.0. The van der Waals surface area contributed by atoms with E-state index in [1.807, 2.05) is 47.7 Å². The molecule has 12 rings (SSSR count). The van der Waals surface area contributed by atoms with Crippen molar-refractivity contribution in [2.75, 3.05) is 0 Å². The molecular weight excluding hydrogens is 737 g/mol. The molecule has 0 spiro atoms. The third-order valence-electron chi connectivity index (χ3n) is 11.9. The van der Waals surface area contributed by atoms with E-state index in [-0.39, 0.29) is 24.2 Å². The minimum absolute atomic E-state index is 0.168. The van der Waals surface area contributed by atoms with Crippen molar-refractivity contribution in [1.29, 1.82) is 0 Å². The highest BCUT2D eigenvalue weighted by Crippen LogP contribution is 2.39. The summed E-state index contributed by atoms with van der Waals surface area (Å²) < 4.78 is 52.4. The number of aromatic nitrogens is 2. The standard InChI is InChI=1S/C54H36N2SSi/c1-4-16-39(17-5-1)58(40-18-6-2-7-19-40,41-20-8-3-9-21-41)42-30-32-52-47(36-42)44-23-11-14-26-50(44)55(52)37-28-31-51-46(34-37)43-22-10-13-25-49(43)56(51)38-29-33-54-48(35-38)45-24-12-15-27-53(45)57-54/h1-36H/i1D,4D,5D,16D,17D. The van der Waals surface area contributed by atoms with Crippen molar-refractivity contribution in [3.63, 3.8) is 0 Å². The van der Waals surface area contributed by atoms with Crippen LogP contribution in [0.3, 0.4) is 0 Å². The van der Waals surface area contributed by atoms with Gasteiger partial charge in [0.15, 0.2) is 8.07 Å². The van der Waals surface area contributed by atoms with Crippen LogP contribution >= 0.6 is 11.3 Å². The summed E-state index contributed by atoms with van der Waals surface area (Å²) in [4.78, 5) is 0. The topological polar surface area (TPSA) is 9.86 Å². The molecule has 0 saturated heterocycles. The van der Waals surface area contributed by atoms with Gasteiger partial charge in [-0.05, 0) is 81.4 Å². The number of nitrogens with zero attached hydrogens (tertiary/aromatic N) is 2. The monoisotopic (exact) mass is 777 g/mol. The zero-order valence-electron chi connectivity index (χ0n) is 36.2. The van der Waals surface area contributed by atoms with Gasteiger partial charge in [0.1, 0.15) is 0 Å². The molecule has 3 aromatic heterocycles. The van der Waals surface area contributed by atoms with Gasteiger partial charge in [-0.1, -0.05) is 158 Å². The summed E-state index contributed by atoms with van der Waals surface area (Å²) in [7, 11) is -3.58. The molecule has 0 aliphatic carbocycles. The Morgan fingerprint density at radius 2 is 0.828 bits per heavy atom. The second-order valence-corrected chi connectivity index (χ2v) is 19.7. The summed E-state index contributed by atoms with van der Waals surface area (Å²) >= 11 is 1.83. The van der Waals surface area contributed by atoms with E-state index in [4.69, 9.17) is 4.11 Å². The highest BCUT2D eigenvalue weighted by Gasteiger charge is 2.41. The molecule has 0 saturated carbocycles. The van der Waals surface area contributed by atoms with Gasteiger partial charge in [-0.2, -0.15) is 0 Å². The third-order valence-corrected chi connectivity index (χ3v) is 17.7. The van der Waals surface area contributed by atoms with E-state index in [9.17, 15) is 2.74 Å². The van der Waals surface area contributed by atoms with Crippen molar-refractivity contribution in [3.05, 3.63) is 218 Å². The van der Waals surface area contributed by atoms with Crippen LogP contribution in [0.2, 0.25) is 0 Å². The molecule has 272 valence electrons. The third kappa shape index (κ3) is 4.83.